The fraction of sp³-hybridized carbons (Fsp3) is 0. The van der Waals surface area contributed by atoms with Crippen LogP contribution in [0.25, 0.3) is 11.1 Å². The minimum absolute atomic E-state index is 0.463. The molecule has 76 valence electrons. The molecule has 0 unspecified atom stereocenters. The molecule has 0 fully saturated rings. The van der Waals surface area contributed by atoms with Crippen molar-refractivity contribution in [2.75, 3.05) is 5.84 Å². The molecule has 0 aliphatic heterocycles. The van der Waals surface area contributed by atoms with Crippen molar-refractivity contribution in [1.82, 2.24) is 9.89 Å². The van der Waals surface area contributed by atoms with E-state index in [4.69, 9.17) is 11.6 Å². The van der Waals surface area contributed by atoms with Gasteiger partial charge in [0, 0.05) is 11.1 Å². The second-order valence-corrected chi connectivity index (χ2v) is 3.12. The summed E-state index contributed by atoms with van der Waals surface area (Å²) >= 11 is 0. The van der Waals surface area contributed by atoms with Gasteiger partial charge >= 0.3 is 0 Å². The average molecular weight is 202 g/mol. The first-order valence-corrected chi connectivity index (χ1v) is 4.37. The van der Waals surface area contributed by atoms with Crippen molar-refractivity contribution in [3.8, 4) is 11.1 Å². The lowest BCUT2D eigenvalue weighted by Gasteiger charge is -2.02. The second-order valence-electron chi connectivity index (χ2n) is 3.12. The zero-order valence-corrected chi connectivity index (χ0v) is 7.92. The van der Waals surface area contributed by atoms with Crippen LogP contribution < -0.4 is 11.6 Å². The SMILES string of the molecule is NC(=O)c1ccccc1-c1cnn(N)c1. The van der Waals surface area contributed by atoms with Crippen LogP contribution in [0.4, 0.5) is 0 Å². The van der Waals surface area contributed by atoms with E-state index in [9.17, 15) is 4.79 Å². The Morgan fingerprint density at radius 2 is 2.07 bits per heavy atom. The summed E-state index contributed by atoms with van der Waals surface area (Å²) in [6, 6.07) is 7.06. The summed E-state index contributed by atoms with van der Waals surface area (Å²) in [6.07, 6.45) is 3.21. The molecule has 1 heterocycles. The molecule has 2 rings (SSSR count). The molecule has 0 aliphatic rings. The van der Waals surface area contributed by atoms with Crippen molar-refractivity contribution in [3.63, 3.8) is 0 Å². The smallest absolute Gasteiger partial charge is 0.249 e. The monoisotopic (exact) mass is 202 g/mol. The van der Waals surface area contributed by atoms with Crippen LogP contribution in [0.1, 0.15) is 10.4 Å². The molecular formula is C10H10N4O. The summed E-state index contributed by atoms with van der Waals surface area (Å²) < 4.78 is 0. The van der Waals surface area contributed by atoms with E-state index in [-0.39, 0.29) is 0 Å². The zero-order chi connectivity index (χ0) is 10.8. The van der Waals surface area contributed by atoms with Gasteiger partial charge in [-0.25, -0.2) is 0 Å². The number of amides is 1. The highest BCUT2D eigenvalue weighted by Crippen LogP contribution is 2.21. The summed E-state index contributed by atoms with van der Waals surface area (Å²) in [7, 11) is 0. The van der Waals surface area contributed by atoms with Crippen LogP contribution in [-0.2, 0) is 0 Å². The van der Waals surface area contributed by atoms with Crippen LogP contribution in [0.15, 0.2) is 36.7 Å². The minimum atomic E-state index is -0.463. The van der Waals surface area contributed by atoms with Crippen LogP contribution in [0.3, 0.4) is 0 Å². The highest BCUT2D eigenvalue weighted by atomic mass is 16.1. The lowest BCUT2D eigenvalue weighted by atomic mass is 10.0. The standard InChI is InChI=1S/C10H10N4O/c11-10(15)9-4-2-1-3-8(9)7-5-13-14(12)6-7/h1-6H,12H2,(H2,11,15). The lowest BCUT2D eigenvalue weighted by molar-refractivity contribution is 0.100. The predicted octanol–water partition coefficient (Wildman–Crippen LogP) is 0.363. The van der Waals surface area contributed by atoms with Crippen LogP contribution in [0.5, 0.6) is 0 Å². The molecular weight excluding hydrogens is 192 g/mol. The highest BCUT2D eigenvalue weighted by Gasteiger charge is 2.09. The molecule has 5 heteroatoms. The van der Waals surface area contributed by atoms with Crippen LogP contribution in [0.2, 0.25) is 0 Å². The maximum atomic E-state index is 11.2. The molecule has 1 aromatic heterocycles. The second kappa shape index (κ2) is 3.45. The summed E-state index contributed by atoms with van der Waals surface area (Å²) in [5, 5.41) is 3.84. The summed E-state index contributed by atoms with van der Waals surface area (Å²) in [5.74, 6) is 4.97. The van der Waals surface area contributed by atoms with E-state index in [1.54, 1.807) is 30.6 Å². The van der Waals surface area contributed by atoms with E-state index < -0.39 is 5.91 Å². The van der Waals surface area contributed by atoms with Gasteiger partial charge in [0.05, 0.1) is 12.4 Å². The summed E-state index contributed by atoms with van der Waals surface area (Å²) in [4.78, 5) is 12.4. The van der Waals surface area contributed by atoms with Gasteiger partial charge < -0.3 is 11.6 Å². The Hall–Kier alpha value is -2.30. The number of benzene rings is 1. The Morgan fingerprint density at radius 3 is 2.67 bits per heavy atom. The van der Waals surface area contributed by atoms with Crippen LogP contribution in [0, 0.1) is 0 Å². The number of rotatable bonds is 2. The zero-order valence-electron chi connectivity index (χ0n) is 7.92. The van der Waals surface area contributed by atoms with Gasteiger partial charge in [0.15, 0.2) is 0 Å². The molecule has 5 nitrogen and oxygen atoms in total. The van der Waals surface area contributed by atoms with E-state index in [0.717, 1.165) is 11.1 Å². The molecule has 0 saturated heterocycles. The molecule has 0 bridgehead atoms. The van der Waals surface area contributed by atoms with Gasteiger partial charge in [-0.1, -0.05) is 18.2 Å². The van der Waals surface area contributed by atoms with Crippen molar-refractivity contribution < 1.29 is 4.79 Å². The lowest BCUT2D eigenvalue weighted by Crippen LogP contribution is -2.12. The first-order valence-electron chi connectivity index (χ1n) is 4.37. The fourth-order valence-electron chi connectivity index (χ4n) is 1.43. The van der Waals surface area contributed by atoms with Gasteiger partial charge in [-0.05, 0) is 11.6 Å². The Labute approximate surface area is 86.3 Å². The molecule has 0 atom stereocenters. The predicted molar refractivity (Wildman–Crippen MR) is 56.3 cm³/mol. The van der Waals surface area contributed by atoms with Crippen molar-refractivity contribution in [3.05, 3.63) is 42.2 Å². The number of nitrogens with zero attached hydrogens (tertiary/aromatic N) is 2. The molecule has 2 aromatic rings. The Balaban J connectivity index is 2.57. The Kier molecular flexibility index (Phi) is 2.13. The van der Waals surface area contributed by atoms with Gasteiger partial charge in [-0.3, -0.25) is 4.79 Å². The quantitative estimate of drug-likeness (QED) is 0.689. The van der Waals surface area contributed by atoms with Gasteiger partial charge in [0.2, 0.25) is 5.91 Å². The molecule has 0 aliphatic carbocycles. The Morgan fingerprint density at radius 1 is 1.33 bits per heavy atom. The van der Waals surface area contributed by atoms with Gasteiger partial charge in [0.25, 0.3) is 0 Å². The van der Waals surface area contributed by atoms with Gasteiger partial charge in [-0.2, -0.15) is 9.89 Å². The molecule has 0 spiro atoms. The number of aromatic nitrogens is 2. The fourth-order valence-corrected chi connectivity index (χ4v) is 1.43. The summed E-state index contributed by atoms with van der Waals surface area (Å²) in [6.45, 7) is 0. The Bertz CT molecular complexity index is 504. The normalized spacial score (nSPS) is 10.1. The van der Waals surface area contributed by atoms with E-state index in [1.165, 1.54) is 4.79 Å². The van der Waals surface area contributed by atoms with Crippen molar-refractivity contribution >= 4 is 5.91 Å². The van der Waals surface area contributed by atoms with E-state index in [1.807, 2.05) is 6.07 Å². The van der Waals surface area contributed by atoms with Crippen LogP contribution >= 0.6 is 0 Å². The number of primary amides is 1. The van der Waals surface area contributed by atoms with E-state index in [0.29, 0.717) is 5.56 Å². The molecule has 15 heavy (non-hydrogen) atoms. The topological polar surface area (TPSA) is 86.9 Å². The van der Waals surface area contributed by atoms with Crippen molar-refractivity contribution in [2.24, 2.45) is 5.73 Å². The summed E-state index contributed by atoms with van der Waals surface area (Å²) in [5.41, 5.74) is 7.23. The first kappa shape index (κ1) is 9.26. The van der Waals surface area contributed by atoms with Crippen LogP contribution in [-0.4, -0.2) is 15.8 Å². The minimum Gasteiger partial charge on any atom is -0.366 e. The third-order valence-electron chi connectivity index (χ3n) is 2.11. The molecule has 0 saturated carbocycles. The van der Waals surface area contributed by atoms with E-state index >= 15 is 0 Å². The number of nitrogens with two attached hydrogens (primary N) is 2. The highest BCUT2D eigenvalue weighted by molar-refractivity contribution is 5.99. The third-order valence-corrected chi connectivity index (χ3v) is 2.11. The van der Waals surface area contributed by atoms with Crippen molar-refractivity contribution in [1.29, 1.82) is 0 Å². The molecule has 1 amide bonds. The number of carbonyl (C=O) groups is 1. The van der Waals surface area contributed by atoms with Gasteiger partial charge in [0.1, 0.15) is 0 Å². The number of hydrogen-bond acceptors (Lipinski definition) is 3. The number of hydrogen-bond donors (Lipinski definition) is 2. The maximum absolute atomic E-state index is 11.2. The number of carbonyl (C=O) groups excluding carboxylic acids is 1. The molecule has 1 aromatic carbocycles. The number of nitrogen functional groups attached to an aromatic ring is 1. The average Bonchev–Trinajstić information content (AvgIpc) is 2.65. The van der Waals surface area contributed by atoms with Gasteiger partial charge in [-0.15, -0.1) is 0 Å². The molecule has 4 N–H and O–H groups in total. The van der Waals surface area contributed by atoms with E-state index in [2.05, 4.69) is 5.10 Å². The third kappa shape index (κ3) is 1.67. The molecule has 0 radical (unpaired) electrons. The first-order chi connectivity index (χ1) is 7.18. The maximum Gasteiger partial charge on any atom is 0.249 e. The largest absolute Gasteiger partial charge is 0.366 e. The van der Waals surface area contributed by atoms with Crippen molar-refractivity contribution in [2.45, 2.75) is 0 Å².